The number of pyridine rings is 1. The molecule has 0 bridgehead atoms. The van der Waals surface area contributed by atoms with Gasteiger partial charge >= 0.3 is 6.18 Å². The van der Waals surface area contributed by atoms with Gasteiger partial charge in [-0.05, 0) is 49.6 Å². The smallest absolute Gasteiger partial charge is 0.360 e. The van der Waals surface area contributed by atoms with Crippen LogP contribution in [-0.2, 0) is 17.5 Å². The van der Waals surface area contributed by atoms with Crippen LogP contribution in [0.15, 0.2) is 42.7 Å². The standard InChI is InChI=1S/C21H20F3N3O/c1-2-27(20(28)13-5-6-13)12-14-4-3-9-25-19(14)17-11-26-18-8-7-15(10-16(17)18)21(22,23)24/h3-4,7-11,13,26H,2,5-6,12H2,1H3. The van der Waals surface area contributed by atoms with Crippen LogP contribution in [-0.4, -0.2) is 27.3 Å². The minimum Gasteiger partial charge on any atom is -0.360 e. The van der Waals surface area contributed by atoms with Crippen molar-refractivity contribution in [1.29, 1.82) is 0 Å². The fourth-order valence-corrected chi connectivity index (χ4v) is 3.44. The Morgan fingerprint density at radius 2 is 2.07 bits per heavy atom. The first-order valence-corrected chi connectivity index (χ1v) is 9.30. The molecule has 3 aromatic rings. The van der Waals surface area contributed by atoms with Gasteiger partial charge in [-0.1, -0.05) is 6.07 Å². The number of benzene rings is 1. The number of nitrogens with zero attached hydrogens (tertiary/aromatic N) is 2. The molecule has 4 nitrogen and oxygen atoms in total. The summed E-state index contributed by atoms with van der Waals surface area (Å²) in [5, 5.41) is 0.464. The average Bonchev–Trinajstić information content (AvgIpc) is 3.44. The van der Waals surface area contributed by atoms with E-state index < -0.39 is 11.7 Å². The summed E-state index contributed by atoms with van der Waals surface area (Å²) in [5.41, 5.74) is 1.93. The van der Waals surface area contributed by atoms with Gasteiger partial charge in [0.05, 0.1) is 11.3 Å². The lowest BCUT2D eigenvalue weighted by atomic mass is 10.0. The lowest BCUT2D eigenvalue weighted by molar-refractivity contribution is -0.137. The van der Waals surface area contributed by atoms with Gasteiger partial charge in [-0.3, -0.25) is 9.78 Å². The number of hydrogen-bond acceptors (Lipinski definition) is 2. The van der Waals surface area contributed by atoms with E-state index in [2.05, 4.69) is 9.97 Å². The van der Waals surface area contributed by atoms with Crippen molar-refractivity contribution in [2.45, 2.75) is 32.5 Å². The van der Waals surface area contributed by atoms with Crippen LogP contribution in [0.25, 0.3) is 22.2 Å². The summed E-state index contributed by atoms with van der Waals surface area (Å²) < 4.78 is 39.5. The van der Waals surface area contributed by atoms with Gasteiger partial charge in [-0.2, -0.15) is 13.2 Å². The summed E-state index contributed by atoms with van der Waals surface area (Å²) in [7, 11) is 0. The molecule has 1 aliphatic rings. The van der Waals surface area contributed by atoms with Crippen molar-refractivity contribution < 1.29 is 18.0 Å². The monoisotopic (exact) mass is 387 g/mol. The predicted molar refractivity (Wildman–Crippen MR) is 100 cm³/mol. The highest BCUT2D eigenvalue weighted by molar-refractivity contribution is 5.95. The molecular formula is C21H20F3N3O. The Morgan fingerprint density at radius 1 is 1.29 bits per heavy atom. The summed E-state index contributed by atoms with van der Waals surface area (Å²) in [6.07, 6.45) is 0.737. The third-order valence-corrected chi connectivity index (χ3v) is 5.14. The molecule has 1 saturated carbocycles. The number of aromatic nitrogens is 2. The maximum atomic E-state index is 13.2. The minimum atomic E-state index is -4.41. The molecule has 0 aliphatic heterocycles. The topological polar surface area (TPSA) is 49.0 Å². The van der Waals surface area contributed by atoms with E-state index in [4.69, 9.17) is 0 Å². The van der Waals surface area contributed by atoms with E-state index in [0.717, 1.165) is 30.5 Å². The molecule has 0 unspecified atom stereocenters. The molecule has 0 spiro atoms. The van der Waals surface area contributed by atoms with Crippen molar-refractivity contribution in [3.8, 4) is 11.3 Å². The van der Waals surface area contributed by atoms with Crippen molar-refractivity contribution in [2.75, 3.05) is 6.54 Å². The number of aromatic amines is 1. The largest absolute Gasteiger partial charge is 0.416 e. The molecule has 1 fully saturated rings. The molecule has 1 aromatic carbocycles. The van der Waals surface area contributed by atoms with E-state index in [1.807, 2.05) is 13.0 Å². The van der Waals surface area contributed by atoms with Crippen molar-refractivity contribution >= 4 is 16.8 Å². The molecule has 7 heteroatoms. The molecule has 28 heavy (non-hydrogen) atoms. The van der Waals surface area contributed by atoms with Crippen LogP contribution in [0.1, 0.15) is 30.9 Å². The fourth-order valence-electron chi connectivity index (χ4n) is 3.44. The van der Waals surface area contributed by atoms with Gasteiger partial charge in [0.2, 0.25) is 5.91 Å². The predicted octanol–water partition coefficient (Wildman–Crippen LogP) is 5.01. The number of alkyl halides is 3. The molecule has 1 amide bonds. The highest BCUT2D eigenvalue weighted by Crippen LogP contribution is 2.36. The number of hydrogen-bond donors (Lipinski definition) is 1. The Hall–Kier alpha value is -2.83. The van der Waals surface area contributed by atoms with Crippen LogP contribution in [0.5, 0.6) is 0 Å². The zero-order valence-electron chi connectivity index (χ0n) is 15.4. The minimum absolute atomic E-state index is 0.113. The Morgan fingerprint density at radius 3 is 2.75 bits per heavy atom. The van der Waals surface area contributed by atoms with Crippen LogP contribution < -0.4 is 0 Å². The first kappa shape index (κ1) is 18.5. The number of carbonyl (C=O) groups excluding carboxylic acids is 1. The second kappa shape index (κ2) is 6.96. The van der Waals surface area contributed by atoms with E-state index in [9.17, 15) is 18.0 Å². The highest BCUT2D eigenvalue weighted by Gasteiger charge is 2.33. The lowest BCUT2D eigenvalue weighted by Crippen LogP contribution is -2.31. The van der Waals surface area contributed by atoms with Crippen LogP contribution in [0, 0.1) is 5.92 Å². The Labute approximate surface area is 160 Å². The summed E-state index contributed by atoms with van der Waals surface area (Å²) in [6, 6.07) is 7.29. The maximum absolute atomic E-state index is 13.2. The third kappa shape index (κ3) is 3.48. The van der Waals surface area contributed by atoms with Crippen molar-refractivity contribution in [3.05, 3.63) is 53.9 Å². The van der Waals surface area contributed by atoms with Crippen molar-refractivity contribution in [1.82, 2.24) is 14.9 Å². The molecule has 2 aromatic heterocycles. The third-order valence-electron chi connectivity index (χ3n) is 5.14. The Bertz CT molecular complexity index is 1020. The molecule has 1 N–H and O–H groups in total. The summed E-state index contributed by atoms with van der Waals surface area (Å²) >= 11 is 0. The number of fused-ring (bicyclic) bond motifs is 1. The van der Waals surface area contributed by atoms with Gasteiger partial charge in [0.1, 0.15) is 0 Å². The second-order valence-corrected chi connectivity index (χ2v) is 7.10. The Kier molecular flexibility index (Phi) is 4.61. The van der Waals surface area contributed by atoms with Gasteiger partial charge in [0, 0.05) is 47.9 Å². The summed E-state index contributed by atoms with van der Waals surface area (Å²) in [6.45, 7) is 2.90. The molecule has 1 aliphatic carbocycles. The highest BCUT2D eigenvalue weighted by atomic mass is 19.4. The molecule has 2 heterocycles. The zero-order chi connectivity index (χ0) is 19.9. The first-order valence-electron chi connectivity index (χ1n) is 9.30. The normalized spacial score (nSPS) is 14.4. The quantitative estimate of drug-likeness (QED) is 0.669. The van der Waals surface area contributed by atoms with Crippen LogP contribution in [0.4, 0.5) is 13.2 Å². The maximum Gasteiger partial charge on any atom is 0.416 e. The summed E-state index contributed by atoms with van der Waals surface area (Å²) in [5.74, 6) is 0.248. The summed E-state index contributed by atoms with van der Waals surface area (Å²) in [4.78, 5) is 21.7. The Balaban J connectivity index is 1.75. The van der Waals surface area contributed by atoms with Crippen molar-refractivity contribution in [2.24, 2.45) is 5.92 Å². The van der Waals surface area contributed by atoms with Gasteiger partial charge in [-0.15, -0.1) is 0 Å². The van der Waals surface area contributed by atoms with Crippen molar-refractivity contribution in [3.63, 3.8) is 0 Å². The number of rotatable bonds is 5. The molecule has 146 valence electrons. The zero-order valence-corrected chi connectivity index (χ0v) is 15.4. The van der Waals surface area contributed by atoms with E-state index in [1.165, 1.54) is 6.07 Å². The SMILES string of the molecule is CCN(Cc1cccnc1-c1c[nH]c2ccc(C(F)(F)F)cc12)C(=O)C1CC1. The van der Waals surface area contributed by atoms with E-state index in [-0.39, 0.29) is 11.8 Å². The number of nitrogens with one attached hydrogen (secondary N) is 1. The lowest BCUT2D eigenvalue weighted by Gasteiger charge is -2.22. The van der Waals surface area contributed by atoms with Gasteiger partial charge < -0.3 is 9.88 Å². The molecule has 0 atom stereocenters. The second-order valence-electron chi connectivity index (χ2n) is 7.10. The van der Waals surface area contributed by atoms with Gasteiger partial charge in [0.15, 0.2) is 0 Å². The molecular weight excluding hydrogens is 367 g/mol. The van der Waals surface area contributed by atoms with Gasteiger partial charge in [-0.25, -0.2) is 0 Å². The average molecular weight is 387 g/mol. The van der Waals surface area contributed by atoms with E-state index >= 15 is 0 Å². The van der Waals surface area contributed by atoms with E-state index in [0.29, 0.717) is 35.2 Å². The fraction of sp³-hybridized carbons (Fsp3) is 0.333. The molecule has 0 radical (unpaired) electrons. The number of carbonyl (C=O) groups is 1. The van der Waals surface area contributed by atoms with Crippen LogP contribution >= 0.6 is 0 Å². The molecule has 0 saturated heterocycles. The number of amides is 1. The molecule has 4 rings (SSSR count). The number of halogens is 3. The van der Waals surface area contributed by atoms with Gasteiger partial charge in [0.25, 0.3) is 0 Å². The first-order chi connectivity index (χ1) is 13.4. The van der Waals surface area contributed by atoms with Crippen LogP contribution in [0.3, 0.4) is 0 Å². The van der Waals surface area contributed by atoms with Crippen LogP contribution in [0.2, 0.25) is 0 Å². The number of H-pyrrole nitrogens is 1. The van der Waals surface area contributed by atoms with E-state index in [1.54, 1.807) is 23.4 Å².